The zero-order valence-electron chi connectivity index (χ0n) is 15.9. The molecule has 0 spiro atoms. The normalized spacial score (nSPS) is 15.2. The smallest absolute Gasteiger partial charge is 0.368 e. The van der Waals surface area contributed by atoms with Crippen LogP contribution in [0.1, 0.15) is 15.9 Å². The minimum absolute atomic E-state index is 0.0916. The van der Waals surface area contributed by atoms with Gasteiger partial charge >= 0.3 is 6.18 Å². The molecule has 1 aliphatic heterocycles. The zero-order valence-corrected chi connectivity index (χ0v) is 17.5. The average Bonchev–Trinajstić information content (AvgIpc) is 2.67. The molecule has 162 valence electrons. The van der Waals surface area contributed by atoms with E-state index in [4.69, 9.17) is 11.6 Å². The third-order valence-corrected chi connectivity index (χ3v) is 5.52. The van der Waals surface area contributed by atoms with Crippen LogP contribution in [0.25, 0.3) is 0 Å². The summed E-state index contributed by atoms with van der Waals surface area (Å²) in [5.74, 6) is -0.286. The van der Waals surface area contributed by atoms with Crippen molar-refractivity contribution in [2.24, 2.45) is 0 Å². The van der Waals surface area contributed by atoms with E-state index in [2.05, 4.69) is 4.72 Å². The Bertz CT molecular complexity index is 1050. The molecule has 2 aromatic rings. The maximum absolute atomic E-state index is 12.9. The Kier molecular flexibility index (Phi) is 6.19. The number of sulfonamides is 1. The van der Waals surface area contributed by atoms with Crippen molar-refractivity contribution in [3.63, 3.8) is 0 Å². The highest BCUT2D eigenvalue weighted by Crippen LogP contribution is 2.32. The van der Waals surface area contributed by atoms with Gasteiger partial charge in [-0.2, -0.15) is 13.2 Å². The number of anilines is 2. The molecule has 1 amide bonds. The van der Waals surface area contributed by atoms with Gasteiger partial charge in [-0.15, -0.1) is 0 Å². The maximum atomic E-state index is 12.9. The summed E-state index contributed by atoms with van der Waals surface area (Å²) in [6.45, 7) is 1.43. The third kappa shape index (κ3) is 5.37. The molecule has 0 unspecified atom stereocenters. The van der Waals surface area contributed by atoms with E-state index < -0.39 is 21.8 Å². The first-order valence-corrected chi connectivity index (χ1v) is 11.2. The first-order valence-electron chi connectivity index (χ1n) is 8.93. The zero-order chi connectivity index (χ0) is 22.1. The Morgan fingerprint density at radius 1 is 1.07 bits per heavy atom. The number of alkyl halides is 3. The second-order valence-electron chi connectivity index (χ2n) is 6.90. The van der Waals surface area contributed by atoms with Gasteiger partial charge in [-0.3, -0.25) is 9.52 Å². The molecule has 1 fully saturated rings. The molecule has 0 bridgehead atoms. The standard InChI is InChI=1S/C19H19ClF3N3O3S/c1-30(28,29)24-17-6-5-13(11-16(17)20)18(27)26-9-7-25(8-10-26)15-4-2-3-14(12-15)19(21,22)23/h2-6,11-12,24H,7-10H2,1H3. The van der Waals surface area contributed by atoms with Crippen LogP contribution in [0, 0.1) is 0 Å². The molecule has 2 aromatic carbocycles. The molecule has 0 saturated carbocycles. The number of amides is 1. The number of nitrogens with zero attached hydrogens (tertiary/aromatic N) is 2. The lowest BCUT2D eigenvalue weighted by Crippen LogP contribution is -2.48. The molecule has 30 heavy (non-hydrogen) atoms. The van der Waals surface area contributed by atoms with Gasteiger partial charge in [0.05, 0.1) is 22.5 Å². The Balaban J connectivity index is 1.67. The predicted molar refractivity (Wildman–Crippen MR) is 109 cm³/mol. The molecule has 0 atom stereocenters. The molecule has 1 heterocycles. The van der Waals surface area contributed by atoms with E-state index in [1.165, 1.54) is 24.3 Å². The van der Waals surface area contributed by atoms with E-state index in [-0.39, 0.29) is 16.6 Å². The van der Waals surface area contributed by atoms with Crippen LogP contribution in [0.4, 0.5) is 24.5 Å². The van der Waals surface area contributed by atoms with E-state index in [9.17, 15) is 26.4 Å². The van der Waals surface area contributed by atoms with Gasteiger partial charge in [-0.05, 0) is 36.4 Å². The van der Waals surface area contributed by atoms with Crippen molar-refractivity contribution < 1.29 is 26.4 Å². The van der Waals surface area contributed by atoms with Gasteiger partial charge in [0, 0.05) is 37.4 Å². The number of carbonyl (C=O) groups is 1. The summed E-state index contributed by atoms with van der Waals surface area (Å²) in [5, 5.41) is 0.0916. The molecule has 0 radical (unpaired) electrons. The second kappa shape index (κ2) is 8.35. The summed E-state index contributed by atoms with van der Waals surface area (Å²) >= 11 is 6.08. The highest BCUT2D eigenvalue weighted by molar-refractivity contribution is 7.92. The molecule has 6 nitrogen and oxygen atoms in total. The number of hydrogen-bond acceptors (Lipinski definition) is 4. The summed E-state index contributed by atoms with van der Waals surface area (Å²) in [4.78, 5) is 16.1. The van der Waals surface area contributed by atoms with E-state index in [0.29, 0.717) is 37.4 Å². The third-order valence-electron chi connectivity index (χ3n) is 4.62. The van der Waals surface area contributed by atoms with Crippen molar-refractivity contribution in [1.29, 1.82) is 0 Å². The van der Waals surface area contributed by atoms with Gasteiger partial charge in [0.15, 0.2) is 0 Å². The van der Waals surface area contributed by atoms with Crippen LogP contribution in [0.15, 0.2) is 42.5 Å². The van der Waals surface area contributed by atoms with Crippen LogP contribution in [-0.4, -0.2) is 51.7 Å². The Hall–Kier alpha value is -2.46. The van der Waals surface area contributed by atoms with Gasteiger partial charge in [-0.1, -0.05) is 17.7 Å². The Morgan fingerprint density at radius 3 is 2.30 bits per heavy atom. The fourth-order valence-corrected chi connectivity index (χ4v) is 4.02. The quantitative estimate of drug-likeness (QED) is 0.754. The Morgan fingerprint density at radius 2 is 1.73 bits per heavy atom. The number of halogens is 4. The van der Waals surface area contributed by atoms with Crippen molar-refractivity contribution in [2.75, 3.05) is 42.1 Å². The minimum atomic E-state index is -4.41. The summed E-state index contributed by atoms with van der Waals surface area (Å²) in [5.41, 5.74) is 0.212. The lowest BCUT2D eigenvalue weighted by Gasteiger charge is -2.36. The van der Waals surface area contributed by atoms with E-state index in [0.717, 1.165) is 18.4 Å². The SMILES string of the molecule is CS(=O)(=O)Nc1ccc(C(=O)N2CCN(c3cccc(C(F)(F)F)c3)CC2)cc1Cl. The number of rotatable bonds is 4. The second-order valence-corrected chi connectivity index (χ2v) is 9.05. The molecular formula is C19H19ClF3N3O3S. The molecule has 0 aliphatic carbocycles. The van der Waals surface area contributed by atoms with Crippen LogP contribution in [0.5, 0.6) is 0 Å². The molecule has 11 heteroatoms. The molecule has 1 aliphatic rings. The largest absolute Gasteiger partial charge is 0.416 e. The van der Waals surface area contributed by atoms with Gasteiger partial charge in [0.25, 0.3) is 5.91 Å². The first-order chi connectivity index (χ1) is 13.9. The van der Waals surface area contributed by atoms with Crippen LogP contribution >= 0.6 is 11.6 Å². The topological polar surface area (TPSA) is 69.7 Å². The van der Waals surface area contributed by atoms with Crippen LogP contribution < -0.4 is 9.62 Å². The lowest BCUT2D eigenvalue weighted by atomic mass is 10.1. The molecule has 3 rings (SSSR count). The molecular weight excluding hydrogens is 443 g/mol. The van der Waals surface area contributed by atoms with Gasteiger partial charge in [-0.25, -0.2) is 8.42 Å². The predicted octanol–water partition coefficient (Wildman–Crippen LogP) is 3.69. The Labute approximate surface area is 177 Å². The summed E-state index contributed by atoms with van der Waals surface area (Å²) in [6, 6.07) is 9.37. The number of carbonyl (C=O) groups excluding carboxylic acids is 1. The van der Waals surface area contributed by atoms with E-state index in [1.54, 1.807) is 15.9 Å². The van der Waals surface area contributed by atoms with Crippen molar-refractivity contribution in [1.82, 2.24) is 4.90 Å². The van der Waals surface area contributed by atoms with Gasteiger partial charge < -0.3 is 9.80 Å². The van der Waals surface area contributed by atoms with Crippen LogP contribution in [0.3, 0.4) is 0 Å². The van der Waals surface area contributed by atoms with Crippen molar-refractivity contribution in [3.05, 3.63) is 58.6 Å². The minimum Gasteiger partial charge on any atom is -0.368 e. The highest BCUT2D eigenvalue weighted by Gasteiger charge is 2.31. The maximum Gasteiger partial charge on any atom is 0.416 e. The molecule has 1 N–H and O–H groups in total. The molecule has 0 aromatic heterocycles. The fourth-order valence-electron chi connectivity index (χ4n) is 3.16. The van der Waals surface area contributed by atoms with Crippen LogP contribution in [-0.2, 0) is 16.2 Å². The summed E-state index contributed by atoms with van der Waals surface area (Å²) in [6.07, 6.45) is -3.42. The van der Waals surface area contributed by atoms with Crippen molar-refractivity contribution in [2.45, 2.75) is 6.18 Å². The summed E-state index contributed by atoms with van der Waals surface area (Å²) in [7, 11) is -3.50. The van der Waals surface area contributed by atoms with E-state index in [1.807, 2.05) is 0 Å². The number of hydrogen-bond donors (Lipinski definition) is 1. The first kappa shape index (κ1) is 22.2. The fraction of sp³-hybridized carbons (Fsp3) is 0.316. The van der Waals surface area contributed by atoms with Gasteiger partial charge in [0.2, 0.25) is 10.0 Å². The number of benzene rings is 2. The number of nitrogens with one attached hydrogen (secondary N) is 1. The van der Waals surface area contributed by atoms with E-state index >= 15 is 0 Å². The lowest BCUT2D eigenvalue weighted by molar-refractivity contribution is -0.137. The summed E-state index contributed by atoms with van der Waals surface area (Å²) < 4.78 is 63.7. The van der Waals surface area contributed by atoms with Gasteiger partial charge in [0.1, 0.15) is 0 Å². The highest BCUT2D eigenvalue weighted by atomic mass is 35.5. The van der Waals surface area contributed by atoms with Crippen LogP contribution in [0.2, 0.25) is 5.02 Å². The average molecular weight is 462 g/mol. The van der Waals surface area contributed by atoms with Crippen molar-refractivity contribution in [3.8, 4) is 0 Å². The number of piperazine rings is 1. The monoisotopic (exact) mass is 461 g/mol. The molecule has 1 saturated heterocycles. The van der Waals surface area contributed by atoms with Crippen molar-refractivity contribution >= 4 is 38.9 Å².